The third-order valence-corrected chi connectivity index (χ3v) is 12.1. The first-order chi connectivity index (χ1) is 30.0. The van der Waals surface area contributed by atoms with Crippen LogP contribution >= 0.6 is 0 Å². The number of aryl methyl sites for hydroxylation is 2. The van der Waals surface area contributed by atoms with E-state index in [2.05, 4.69) is 143 Å². The fourth-order valence-electron chi connectivity index (χ4n) is 8.57. The van der Waals surface area contributed by atoms with Crippen molar-refractivity contribution < 1.29 is 28.9 Å². The van der Waals surface area contributed by atoms with Crippen LogP contribution < -0.4 is 0 Å². The number of nitrogens with zero attached hydrogens (tertiary/aromatic N) is 3. The van der Waals surface area contributed by atoms with E-state index in [1.807, 2.05) is 78.1 Å². The number of imidazole rings is 1. The van der Waals surface area contributed by atoms with Crippen LogP contribution in [0.3, 0.4) is 0 Å². The number of para-hydroxylation sites is 1. The van der Waals surface area contributed by atoms with Crippen molar-refractivity contribution in [2.24, 2.45) is 0 Å². The minimum absolute atomic E-state index is 0. The number of rotatable bonds is 8. The van der Waals surface area contributed by atoms with Gasteiger partial charge >= 0.3 is 0 Å². The molecule has 1 N–H and O–H groups in total. The third-order valence-electron chi connectivity index (χ3n) is 12.1. The summed E-state index contributed by atoms with van der Waals surface area (Å²) in [7, 11) is 0. The van der Waals surface area contributed by atoms with Crippen molar-refractivity contribution in [2.75, 3.05) is 0 Å². The van der Waals surface area contributed by atoms with Crippen molar-refractivity contribution in [3.8, 4) is 67.5 Å². The molecule has 63 heavy (non-hydrogen) atoms. The molecule has 8 aromatic rings. The average molecular weight is 1010 g/mol. The van der Waals surface area contributed by atoms with Gasteiger partial charge in [-0.2, -0.15) is 0 Å². The topological polar surface area (TPSA) is 50.9 Å². The molecule has 0 amide bonds. The van der Waals surface area contributed by atoms with E-state index in [1.165, 1.54) is 5.56 Å². The quantitative estimate of drug-likeness (QED) is 0.154. The maximum atomic E-state index is 11.7. The first-order valence-corrected chi connectivity index (χ1v) is 21.7. The molecule has 5 heteroatoms. The Kier molecular flexibility index (Phi) is 11.9. The molecule has 0 fully saturated rings. The Morgan fingerprint density at radius 1 is 0.635 bits per heavy atom. The summed E-state index contributed by atoms with van der Waals surface area (Å²) in [6.07, 6.45) is 1.89. The van der Waals surface area contributed by atoms with Crippen molar-refractivity contribution in [2.45, 2.75) is 106 Å². The van der Waals surface area contributed by atoms with Gasteiger partial charge in [0.1, 0.15) is 11.6 Å². The Hall–Kier alpha value is -5.57. The van der Waals surface area contributed by atoms with Crippen LogP contribution in [0.2, 0.25) is 0 Å². The van der Waals surface area contributed by atoms with Gasteiger partial charge in [0, 0.05) is 41.4 Å². The van der Waals surface area contributed by atoms with E-state index >= 15 is 0 Å². The van der Waals surface area contributed by atoms with Gasteiger partial charge in [0.2, 0.25) is 0 Å². The van der Waals surface area contributed by atoms with Crippen LogP contribution in [0.1, 0.15) is 117 Å². The number of hydrogen-bond acceptors (Lipinski definition) is 3. The number of benzene rings is 6. The Bertz CT molecular complexity index is 3010. The molecule has 324 valence electrons. The molecule has 4 nitrogen and oxygen atoms in total. The van der Waals surface area contributed by atoms with Gasteiger partial charge in [0.05, 0.1) is 16.6 Å². The van der Waals surface area contributed by atoms with Gasteiger partial charge in [-0.15, -0.1) is 29.3 Å². The largest absolute Gasteiger partial charge is 0.507 e. The number of phenolic OH excluding ortho intramolecular Hbond substituents is 1. The Morgan fingerprint density at radius 3 is 1.86 bits per heavy atom. The normalized spacial score (nSPS) is 12.8. The molecule has 0 unspecified atom stereocenters. The summed E-state index contributed by atoms with van der Waals surface area (Å²) in [6.45, 7) is 25.0. The molecule has 0 aliphatic rings. The monoisotopic (exact) mass is 1010 g/mol. The first-order valence-electron chi connectivity index (χ1n) is 22.7. The third kappa shape index (κ3) is 8.98. The van der Waals surface area contributed by atoms with Crippen LogP contribution in [0.4, 0.5) is 0 Å². The molecule has 2 aromatic heterocycles. The van der Waals surface area contributed by atoms with Gasteiger partial charge < -0.3 is 5.11 Å². The molecule has 0 aliphatic carbocycles. The van der Waals surface area contributed by atoms with Crippen molar-refractivity contribution in [3.05, 3.63) is 167 Å². The van der Waals surface area contributed by atoms with E-state index in [4.69, 9.17) is 12.7 Å². The zero-order valence-electron chi connectivity index (χ0n) is 40.7. The van der Waals surface area contributed by atoms with Gasteiger partial charge in [0.25, 0.3) is 0 Å². The van der Waals surface area contributed by atoms with Crippen LogP contribution in [-0.2, 0) is 31.9 Å². The number of hydrogen-bond donors (Lipinski definition) is 1. The van der Waals surface area contributed by atoms with Crippen molar-refractivity contribution >= 4 is 11.0 Å². The SMILES string of the molecule is [2H]C(C)(C)c1cccc(C([2H])(C)C)c1-c1ccc(-n2c(-c3cc(C)cc(C)c3O)nc3c(-c4[c-]c(-c5cc(-c6ccc(C(C)(C)C)cc6)ccn5)cc(C(C)(C)C)c4)cccc32)cc1.[Pt]. The predicted octanol–water partition coefficient (Wildman–Crippen LogP) is 15.7. The predicted molar refractivity (Wildman–Crippen MR) is 262 cm³/mol. The minimum atomic E-state index is -0.877. The van der Waals surface area contributed by atoms with E-state index in [-0.39, 0.29) is 37.6 Å². The second-order valence-electron chi connectivity index (χ2n) is 19.4. The van der Waals surface area contributed by atoms with Crippen LogP contribution in [-0.4, -0.2) is 19.6 Å². The summed E-state index contributed by atoms with van der Waals surface area (Å²) in [5.41, 5.74) is 16.8. The summed E-state index contributed by atoms with van der Waals surface area (Å²) in [4.78, 5) is 10.3. The minimum Gasteiger partial charge on any atom is -0.507 e. The standard InChI is InChI=1S/C58H60N3O.Pt/c1-35(2)47-15-13-16-48(36(3)4)53(47)40-21-25-46(26-22-40)61-52-18-14-17-49(54(52)60-56(61)50-30-37(5)29-38(6)55(50)62)42-31-43(33-45(32-42)58(10,11)12)51-34-41(27-28-59-51)39-19-23-44(24-20-39)57(7,8)9;/h13-30,32-36,62H,1-12H3;/q-1;/i35D,36D;. The maximum Gasteiger partial charge on any atom is 0.148 e. The fraction of sp³-hybridized carbons (Fsp3) is 0.276. The zero-order chi connectivity index (χ0) is 46.1. The molecule has 8 rings (SSSR count). The zero-order valence-corrected chi connectivity index (χ0v) is 41.0. The van der Waals surface area contributed by atoms with E-state index in [1.54, 1.807) is 0 Å². The van der Waals surface area contributed by atoms with Gasteiger partial charge in [-0.3, -0.25) is 9.55 Å². The second-order valence-corrected chi connectivity index (χ2v) is 19.4. The van der Waals surface area contributed by atoms with E-state index < -0.39 is 11.8 Å². The van der Waals surface area contributed by atoms with Gasteiger partial charge in [0.15, 0.2) is 0 Å². The van der Waals surface area contributed by atoms with E-state index in [9.17, 15) is 5.11 Å². The number of aromatic hydroxyl groups is 1. The summed E-state index contributed by atoms with van der Waals surface area (Å²) in [6, 6.07) is 45.9. The van der Waals surface area contributed by atoms with Crippen molar-refractivity contribution in [1.29, 1.82) is 0 Å². The molecule has 0 saturated heterocycles. The molecule has 6 aromatic carbocycles. The van der Waals surface area contributed by atoms with Crippen molar-refractivity contribution in [3.63, 3.8) is 0 Å². The molecule has 2 heterocycles. The molecular weight excluding hydrogens is 950 g/mol. The summed E-state index contributed by atoms with van der Waals surface area (Å²) < 4.78 is 20.2. The Morgan fingerprint density at radius 2 is 1.24 bits per heavy atom. The number of pyridine rings is 1. The molecule has 0 spiro atoms. The summed E-state index contributed by atoms with van der Waals surface area (Å²) in [5.74, 6) is -0.937. The van der Waals surface area contributed by atoms with Crippen LogP contribution in [0.5, 0.6) is 5.75 Å². The average Bonchev–Trinajstić information content (AvgIpc) is 3.63. The fourth-order valence-corrected chi connectivity index (χ4v) is 8.57. The number of fused-ring (bicyclic) bond motifs is 1. The van der Waals surface area contributed by atoms with Crippen LogP contribution in [0, 0.1) is 19.9 Å². The van der Waals surface area contributed by atoms with Crippen LogP contribution in [0.15, 0.2) is 128 Å². The van der Waals surface area contributed by atoms with E-state index in [0.717, 1.165) is 89.2 Å². The number of phenols is 1. The molecule has 0 atom stereocenters. The Labute approximate surface area is 392 Å². The molecule has 0 aliphatic heterocycles. The maximum absolute atomic E-state index is 11.7. The van der Waals surface area contributed by atoms with Gasteiger partial charge in [-0.05, 0) is 117 Å². The molecule has 0 saturated carbocycles. The van der Waals surface area contributed by atoms with Gasteiger partial charge in [-0.25, -0.2) is 4.98 Å². The Balaban J connectivity index is 0.00000630. The molecule has 0 radical (unpaired) electrons. The number of aromatic nitrogens is 3. The second kappa shape index (κ2) is 17.5. The summed E-state index contributed by atoms with van der Waals surface area (Å²) >= 11 is 0. The van der Waals surface area contributed by atoms with Gasteiger partial charge in [-0.1, -0.05) is 159 Å². The first kappa shape index (κ1) is 42.7. The smallest absolute Gasteiger partial charge is 0.148 e. The molecule has 0 bridgehead atoms. The van der Waals surface area contributed by atoms with Crippen LogP contribution in [0.25, 0.3) is 72.7 Å². The molecular formula is C58H60N3OPt-. The summed E-state index contributed by atoms with van der Waals surface area (Å²) in [5, 5.41) is 11.7. The van der Waals surface area contributed by atoms with E-state index in [0.29, 0.717) is 11.4 Å². The van der Waals surface area contributed by atoms with Crippen molar-refractivity contribution in [1.82, 2.24) is 14.5 Å².